The third-order valence-electron chi connectivity index (χ3n) is 3.54. The lowest BCUT2D eigenvalue weighted by molar-refractivity contribution is 0.675. The first-order valence-corrected chi connectivity index (χ1v) is 9.58. The maximum Gasteiger partial charge on any atom is 0.226 e. The van der Waals surface area contributed by atoms with Crippen LogP contribution < -0.4 is 0 Å². The number of benzene rings is 1. The fourth-order valence-electron chi connectivity index (χ4n) is 2.50. The highest BCUT2D eigenvalue weighted by atomic mass is 32.2. The summed E-state index contributed by atoms with van der Waals surface area (Å²) in [5.74, 6) is 1.31. The van der Waals surface area contributed by atoms with Gasteiger partial charge in [-0.05, 0) is 18.6 Å². The molecule has 1 unspecified atom stereocenters. The molecule has 3 heterocycles. The number of thiophene rings is 1. The molecule has 4 aromatic rings. The third-order valence-corrected chi connectivity index (χ3v) is 5.42. The molecular formula is C16H13N5OS2. The van der Waals surface area contributed by atoms with E-state index < -0.39 is 10.8 Å². The summed E-state index contributed by atoms with van der Waals surface area (Å²) < 4.78 is 13.6. The smallest absolute Gasteiger partial charge is 0.226 e. The Kier molecular flexibility index (Phi) is 3.70. The van der Waals surface area contributed by atoms with E-state index in [0.717, 1.165) is 20.7 Å². The number of nitrogens with zero attached hydrogens (tertiary/aromatic N) is 5. The van der Waals surface area contributed by atoms with Crippen molar-refractivity contribution in [2.45, 2.75) is 12.1 Å². The van der Waals surface area contributed by atoms with Crippen molar-refractivity contribution in [3.05, 3.63) is 48.5 Å². The van der Waals surface area contributed by atoms with Crippen molar-refractivity contribution < 1.29 is 4.21 Å². The molecule has 0 radical (unpaired) electrons. The van der Waals surface area contributed by atoms with Gasteiger partial charge < -0.3 is 0 Å². The van der Waals surface area contributed by atoms with E-state index in [2.05, 4.69) is 38.4 Å². The average Bonchev–Trinajstić information content (AvgIpc) is 3.21. The molecule has 4 rings (SSSR count). The van der Waals surface area contributed by atoms with Gasteiger partial charge in [-0.25, -0.2) is 9.97 Å². The molecule has 0 aliphatic carbocycles. The van der Waals surface area contributed by atoms with Gasteiger partial charge in [-0.2, -0.15) is 0 Å². The molecule has 0 aliphatic heterocycles. The summed E-state index contributed by atoms with van der Waals surface area (Å²) in [5, 5.41) is 9.11. The zero-order valence-electron chi connectivity index (χ0n) is 13.0. The predicted octanol–water partition coefficient (Wildman–Crippen LogP) is 2.98. The van der Waals surface area contributed by atoms with E-state index in [0.29, 0.717) is 16.8 Å². The van der Waals surface area contributed by atoms with Gasteiger partial charge in [-0.15, -0.1) is 21.5 Å². The Bertz CT molecular complexity index is 1050. The van der Waals surface area contributed by atoms with E-state index in [4.69, 9.17) is 0 Å². The van der Waals surface area contributed by atoms with E-state index in [1.807, 2.05) is 25.1 Å². The minimum Gasteiger partial charge on any atom is -0.257 e. The number of fused-ring (bicyclic) bond motifs is 1. The van der Waals surface area contributed by atoms with Crippen LogP contribution in [0.5, 0.6) is 0 Å². The lowest BCUT2D eigenvalue weighted by Gasteiger charge is -2.05. The fourth-order valence-corrected chi connectivity index (χ4v) is 4.15. The Balaban J connectivity index is 1.97. The minimum absolute atomic E-state index is 0.377. The second-order valence-corrected chi connectivity index (χ2v) is 7.53. The maximum atomic E-state index is 11.9. The van der Waals surface area contributed by atoms with Crippen molar-refractivity contribution >= 4 is 32.4 Å². The molecule has 0 amide bonds. The highest BCUT2D eigenvalue weighted by molar-refractivity contribution is 7.84. The summed E-state index contributed by atoms with van der Waals surface area (Å²) in [6, 6.07) is 12.2. The first-order chi connectivity index (χ1) is 11.6. The number of aryl methyl sites for hydroxylation is 1. The topological polar surface area (TPSA) is 73.6 Å². The Morgan fingerprint density at radius 1 is 1.17 bits per heavy atom. The Labute approximate surface area is 144 Å². The van der Waals surface area contributed by atoms with E-state index in [1.54, 1.807) is 22.2 Å². The molecular weight excluding hydrogens is 342 g/mol. The standard InChI is InChI=1S/C16H13N5OS2/c1-10-18-14(21-9-17-20-16(21)24(2)22)12-8-13(23-15(12)19-10)11-6-4-3-5-7-11/h3-9H,1-2H3. The molecule has 0 aliphatic rings. The van der Waals surface area contributed by atoms with E-state index in [-0.39, 0.29) is 0 Å². The van der Waals surface area contributed by atoms with Crippen molar-refractivity contribution in [3.8, 4) is 16.3 Å². The minimum atomic E-state index is -1.26. The van der Waals surface area contributed by atoms with Crippen LogP contribution in [0.4, 0.5) is 0 Å². The van der Waals surface area contributed by atoms with Gasteiger partial charge in [-0.3, -0.25) is 8.78 Å². The van der Waals surface area contributed by atoms with Crippen LogP contribution in [-0.4, -0.2) is 35.2 Å². The summed E-state index contributed by atoms with van der Waals surface area (Å²) in [7, 11) is -1.26. The molecule has 24 heavy (non-hydrogen) atoms. The summed E-state index contributed by atoms with van der Waals surface area (Å²) in [5.41, 5.74) is 1.13. The molecule has 0 spiro atoms. The van der Waals surface area contributed by atoms with Gasteiger partial charge in [0, 0.05) is 11.1 Å². The van der Waals surface area contributed by atoms with Gasteiger partial charge in [0.2, 0.25) is 5.16 Å². The number of rotatable bonds is 3. The molecule has 0 N–H and O–H groups in total. The van der Waals surface area contributed by atoms with E-state index in [1.165, 1.54) is 6.33 Å². The maximum absolute atomic E-state index is 11.9. The summed E-state index contributed by atoms with van der Waals surface area (Å²) in [6.07, 6.45) is 3.12. The summed E-state index contributed by atoms with van der Waals surface area (Å²) in [6.45, 7) is 1.85. The molecule has 0 bridgehead atoms. The number of aromatic nitrogens is 5. The van der Waals surface area contributed by atoms with Crippen LogP contribution in [0.3, 0.4) is 0 Å². The predicted molar refractivity (Wildman–Crippen MR) is 94.8 cm³/mol. The van der Waals surface area contributed by atoms with Crippen LogP contribution >= 0.6 is 11.3 Å². The van der Waals surface area contributed by atoms with Crippen LogP contribution in [0.15, 0.2) is 47.9 Å². The highest BCUT2D eigenvalue weighted by Gasteiger charge is 2.17. The van der Waals surface area contributed by atoms with Gasteiger partial charge in [0.15, 0.2) is 5.82 Å². The third kappa shape index (κ3) is 2.53. The lowest BCUT2D eigenvalue weighted by Crippen LogP contribution is -2.05. The normalized spacial score (nSPS) is 12.6. The molecule has 6 nitrogen and oxygen atoms in total. The van der Waals surface area contributed by atoms with Crippen LogP contribution in [-0.2, 0) is 10.8 Å². The average molecular weight is 355 g/mol. The Hall–Kier alpha value is -2.45. The van der Waals surface area contributed by atoms with Crippen molar-refractivity contribution in [1.29, 1.82) is 0 Å². The molecule has 0 fully saturated rings. The quantitative estimate of drug-likeness (QED) is 0.565. The Morgan fingerprint density at radius 2 is 1.96 bits per heavy atom. The van der Waals surface area contributed by atoms with Crippen molar-refractivity contribution in [3.63, 3.8) is 0 Å². The molecule has 8 heteroatoms. The number of hydrogen-bond acceptors (Lipinski definition) is 6. The Morgan fingerprint density at radius 3 is 2.71 bits per heavy atom. The number of hydrogen-bond donors (Lipinski definition) is 0. The largest absolute Gasteiger partial charge is 0.257 e. The summed E-state index contributed by atoms with van der Waals surface area (Å²) in [4.78, 5) is 11.1. The van der Waals surface area contributed by atoms with Gasteiger partial charge in [-0.1, -0.05) is 30.3 Å². The van der Waals surface area contributed by atoms with E-state index >= 15 is 0 Å². The van der Waals surface area contributed by atoms with Crippen molar-refractivity contribution in [2.75, 3.05) is 6.26 Å². The van der Waals surface area contributed by atoms with Crippen molar-refractivity contribution in [1.82, 2.24) is 24.7 Å². The molecule has 0 saturated carbocycles. The molecule has 120 valence electrons. The van der Waals surface area contributed by atoms with Crippen LogP contribution in [0.1, 0.15) is 5.82 Å². The second-order valence-electron chi connectivity index (χ2n) is 5.23. The molecule has 1 aromatic carbocycles. The first kappa shape index (κ1) is 15.1. The van der Waals surface area contributed by atoms with Crippen LogP contribution in [0.25, 0.3) is 26.5 Å². The van der Waals surface area contributed by atoms with Crippen LogP contribution in [0.2, 0.25) is 0 Å². The van der Waals surface area contributed by atoms with Gasteiger partial charge in [0.25, 0.3) is 0 Å². The fraction of sp³-hybridized carbons (Fsp3) is 0.125. The first-order valence-electron chi connectivity index (χ1n) is 7.21. The van der Waals surface area contributed by atoms with Crippen molar-refractivity contribution in [2.24, 2.45) is 0 Å². The monoisotopic (exact) mass is 355 g/mol. The molecule has 1 atom stereocenters. The highest BCUT2D eigenvalue weighted by Crippen LogP contribution is 2.35. The summed E-state index contributed by atoms with van der Waals surface area (Å²) >= 11 is 1.61. The zero-order chi connectivity index (χ0) is 16.7. The lowest BCUT2D eigenvalue weighted by atomic mass is 10.2. The van der Waals surface area contributed by atoms with Gasteiger partial charge in [0.05, 0.1) is 16.2 Å². The zero-order valence-corrected chi connectivity index (χ0v) is 14.6. The second kappa shape index (κ2) is 5.88. The van der Waals surface area contributed by atoms with Crippen LogP contribution in [0, 0.1) is 6.92 Å². The molecule has 3 aromatic heterocycles. The molecule has 0 saturated heterocycles. The van der Waals surface area contributed by atoms with Gasteiger partial charge >= 0.3 is 0 Å². The van der Waals surface area contributed by atoms with Gasteiger partial charge in [0.1, 0.15) is 17.0 Å². The van der Waals surface area contributed by atoms with E-state index in [9.17, 15) is 4.21 Å². The SMILES string of the molecule is Cc1nc(-n2cnnc2S(C)=O)c2cc(-c3ccccc3)sc2n1.